The fourth-order valence-corrected chi connectivity index (χ4v) is 1.70. The minimum Gasteiger partial charge on any atom is -0.319 e. The molecule has 0 bridgehead atoms. The van der Waals surface area contributed by atoms with Crippen molar-refractivity contribution < 1.29 is 4.79 Å². The lowest BCUT2D eigenvalue weighted by molar-refractivity contribution is 0.101. The van der Waals surface area contributed by atoms with Crippen LogP contribution in [0.1, 0.15) is 21.6 Å². The number of carbonyl (C=O) groups is 1. The Morgan fingerprint density at radius 1 is 1.44 bits per heavy atom. The zero-order valence-corrected chi connectivity index (χ0v) is 10.1. The summed E-state index contributed by atoms with van der Waals surface area (Å²) in [5, 5.41) is 15.7. The molecule has 1 amide bonds. The average Bonchev–Trinajstić information content (AvgIpc) is 2.76. The van der Waals surface area contributed by atoms with Gasteiger partial charge in [-0.15, -0.1) is 0 Å². The third-order valence-electron chi connectivity index (χ3n) is 2.69. The zero-order chi connectivity index (χ0) is 13.1. The lowest BCUT2D eigenvalue weighted by atomic mass is 10.1. The van der Waals surface area contributed by atoms with Gasteiger partial charge in [0.05, 0.1) is 11.3 Å². The molecular weight excluding hydrogens is 228 g/mol. The van der Waals surface area contributed by atoms with Crippen LogP contribution < -0.4 is 5.32 Å². The van der Waals surface area contributed by atoms with Crippen molar-refractivity contribution in [1.29, 1.82) is 5.26 Å². The predicted molar refractivity (Wildman–Crippen MR) is 67.1 cm³/mol. The van der Waals surface area contributed by atoms with Crippen LogP contribution in [0.4, 0.5) is 5.69 Å². The first-order valence-electron chi connectivity index (χ1n) is 5.42. The maximum atomic E-state index is 12.0. The molecule has 0 saturated heterocycles. The molecule has 0 radical (unpaired) electrons. The van der Waals surface area contributed by atoms with E-state index < -0.39 is 0 Å². The molecule has 1 N–H and O–H groups in total. The van der Waals surface area contributed by atoms with Gasteiger partial charge in [0, 0.05) is 13.2 Å². The quantitative estimate of drug-likeness (QED) is 0.870. The van der Waals surface area contributed by atoms with Gasteiger partial charge in [-0.2, -0.15) is 10.4 Å². The number of anilines is 1. The molecule has 0 atom stereocenters. The highest BCUT2D eigenvalue weighted by atomic mass is 16.2. The minimum absolute atomic E-state index is 0.280. The number of nitriles is 1. The summed E-state index contributed by atoms with van der Waals surface area (Å²) in [4.78, 5) is 12.0. The third kappa shape index (κ3) is 2.09. The summed E-state index contributed by atoms with van der Waals surface area (Å²) >= 11 is 0. The normalized spacial score (nSPS) is 9.83. The Bertz CT molecular complexity index is 637. The topological polar surface area (TPSA) is 70.7 Å². The van der Waals surface area contributed by atoms with Crippen LogP contribution in [0.3, 0.4) is 0 Å². The number of rotatable bonds is 2. The van der Waals surface area contributed by atoms with Crippen molar-refractivity contribution in [2.45, 2.75) is 6.92 Å². The molecule has 0 spiro atoms. The van der Waals surface area contributed by atoms with Crippen LogP contribution in [0.5, 0.6) is 0 Å². The molecule has 0 aliphatic rings. The van der Waals surface area contributed by atoms with Gasteiger partial charge >= 0.3 is 0 Å². The lowest BCUT2D eigenvalue weighted by Crippen LogP contribution is -2.17. The highest BCUT2D eigenvalue weighted by Gasteiger charge is 2.12. The molecule has 2 aromatic rings. The van der Waals surface area contributed by atoms with E-state index in [1.54, 1.807) is 31.4 Å². The molecule has 90 valence electrons. The van der Waals surface area contributed by atoms with Gasteiger partial charge in [0.15, 0.2) is 0 Å². The number of nitrogens with one attached hydrogen (secondary N) is 1. The second-order valence-electron chi connectivity index (χ2n) is 3.90. The Kier molecular flexibility index (Phi) is 3.11. The fraction of sp³-hybridized carbons (Fsp3) is 0.154. The van der Waals surface area contributed by atoms with Gasteiger partial charge in [-0.3, -0.25) is 9.48 Å². The van der Waals surface area contributed by atoms with E-state index in [9.17, 15) is 4.79 Å². The van der Waals surface area contributed by atoms with Crippen LogP contribution >= 0.6 is 0 Å². The Hall–Kier alpha value is -2.61. The molecule has 0 saturated carbocycles. The second-order valence-corrected chi connectivity index (χ2v) is 3.90. The molecule has 1 heterocycles. The summed E-state index contributed by atoms with van der Waals surface area (Å²) in [6.07, 6.45) is 1.55. The van der Waals surface area contributed by atoms with E-state index in [1.807, 2.05) is 13.0 Å². The lowest BCUT2D eigenvalue weighted by Gasteiger charge is -2.08. The van der Waals surface area contributed by atoms with E-state index in [4.69, 9.17) is 5.26 Å². The van der Waals surface area contributed by atoms with Gasteiger partial charge < -0.3 is 5.32 Å². The van der Waals surface area contributed by atoms with Crippen LogP contribution in [0.2, 0.25) is 0 Å². The van der Waals surface area contributed by atoms with Gasteiger partial charge in [-0.05, 0) is 24.6 Å². The van der Waals surface area contributed by atoms with Gasteiger partial charge in [-0.25, -0.2) is 0 Å². The minimum atomic E-state index is -0.280. The van der Waals surface area contributed by atoms with E-state index in [2.05, 4.69) is 16.5 Å². The largest absolute Gasteiger partial charge is 0.319 e. The van der Waals surface area contributed by atoms with Gasteiger partial charge in [0.2, 0.25) is 0 Å². The van der Waals surface area contributed by atoms with Crippen LogP contribution in [0.25, 0.3) is 0 Å². The maximum absolute atomic E-state index is 12.0. The molecule has 1 aromatic carbocycles. The summed E-state index contributed by atoms with van der Waals surface area (Å²) in [7, 11) is 1.69. The smallest absolute Gasteiger partial charge is 0.273 e. The number of carbonyl (C=O) groups excluding carboxylic acids is 1. The first-order chi connectivity index (χ1) is 8.63. The first-order valence-corrected chi connectivity index (χ1v) is 5.42. The van der Waals surface area contributed by atoms with E-state index in [0.29, 0.717) is 16.9 Å². The van der Waals surface area contributed by atoms with Crippen molar-refractivity contribution in [3.63, 3.8) is 0 Å². The van der Waals surface area contributed by atoms with E-state index in [0.717, 1.165) is 5.56 Å². The number of hydrogen-bond donors (Lipinski definition) is 1. The standard InChI is InChI=1S/C13H12N4O/c1-9-4-3-5-11(10(9)8-14)16-13(18)12-6-7-15-17(12)2/h3-7H,1-2H3,(H,16,18). The Morgan fingerprint density at radius 3 is 2.83 bits per heavy atom. The second kappa shape index (κ2) is 4.72. The summed E-state index contributed by atoms with van der Waals surface area (Å²) < 4.78 is 1.48. The molecule has 0 aliphatic carbocycles. The fourth-order valence-electron chi connectivity index (χ4n) is 1.70. The molecule has 0 unspecified atom stereocenters. The summed E-state index contributed by atoms with van der Waals surface area (Å²) in [5.41, 5.74) is 2.28. The predicted octanol–water partition coefficient (Wildman–Crippen LogP) is 1.85. The van der Waals surface area contributed by atoms with Crippen molar-refractivity contribution in [2.24, 2.45) is 7.05 Å². The van der Waals surface area contributed by atoms with E-state index in [-0.39, 0.29) is 5.91 Å². The van der Waals surface area contributed by atoms with E-state index >= 15 is 0 Å². The summed E-state index contributed by atoms with van der Waals surface area (Å²) in [6.45, 7) is 1.83. The summed E-state index contributed by atoms with van der Waals surface area (Å²) in [6, 6.07) is 9.05. The number of aromatic nitrogens is 2. The Morgan fingerprint density at radius 2 is 2.22 bits per heavy atom. The number of benzene rings is 1. The molecule has 5 nitrogen and oxygen atoms in total. The molecule has 18 heavy (non-hydrogen) atoms. The van der Waals surface area contributed by atoms with Crippen LogP contribution in [0.15, 0.2) is 30.5 Å². The van der Waals surface area contributed by atoms with Crippen LogP contribution in [-0.4, -0.2) is 15.7 Å². The van der Waals surface area contributed by atoms with Gasteiger partial charge in [0.25, 0.3) is 5.91 Å². The van der Waals surface area contributed by atoms with E-state index in [1.165, 1.54) is 4.68 Å². The van der Waals surface area contributed by atoms with Crippen molar-refractivity contribution in [3.8, 4) is 6.07 Å². The highest BCUT2D eigenvalue weighted by Crippen LogP contribution is 2.18. The van der Waals surface area contributed by atoms with Gasteiger partial charge in [0.1, 0.15) is 11.8 Å². The van der Waals surface area contributed by atoms with Crippen LogP contribution in [0, 0.1) is 18.3 Å². The Balaban J connectivity index is 2.31. The first kappa shape index (κ1) is 11.9. The number of hydrogen-bond acceptors (Lipinski definition) is 3. The molecule has 5 heteroatoms. The zero-order valence-electron chi connectivity index (χ0n) is 10.1. The van der Waals surface area contributed by atoms with Gasteiger partial charge in [-0.1, -0.05) is 12.1 Å². The van der Waals surface area contributed by atoms with Crippen molar-refractivity contribution in [2.75, 3.05) is 5.32 Å². The monoisotopic (exact) mass is 240 g/mol. The number of aryl methyl sites for hydroxylation is 2. The molecule has 2 rings (SSSR count). The SMILES string of the molecule is Cc1cccc(NC(=O)c2ccnn2C)c1C#N. The number of nitrogens with zero attached hydrogens (tertiary/aromatic N) is 3. The van der Waals surface area contributed by atoms with Crippen LogP contribution in [-0.2, 0) is 7.05 Å². The number of amides is 1. The maximum Gasteiger partial charge on any atom is 0.273 e. The molecule has 1 aromatic heterocycles. The molecule has 0 aliphatic heterocycles. The summed E-state index contributed by atoms with van der Waals surface area (Å²) in [5.74, 6) is -0.280. The Labute approximate surface area is 105 Å². The molecular formula is C13H12N4O. The van der Waals surface area contributed by atoms with Crippen molar-refractivity contribution in [1.82, 2.24) is 9.78 Å². The molecule has 0 fully saturated rings. The third-order valence-corrected chi connectivity index (χ3v) is 2.69. The van der Waals surface area contributed by atoms with Crippen molar-refractivity contribution in [3.05, 3.63) is 47.3 Å². The highest BCUT2D eigenvalue weighted by molar-refractivity contribution is 6.03. The average molecular weight is 240 g/mol. The van der Waals surface area contributed by atoms with Crippen molar-refractivity contribution >= 4 is 11.6 Å².